The first kappa shape index (κ1) is 58.0. The Kier molecular flexibility index (Phi) is 36.4. The zero-order valence-corrected chi connectivity index (χ0v) is 38.4. The summed E-state index contributed by atoms with van der Waals surface area (Å²) in [5.74, 6) is -0.350. The average molecular weight is 880 g/mol. The van der Waals surface area contributed by atoms with Crippen LogP contribution in [0.25, 0.3) is 0 Å². The van der Waals surface area contributed by atoms with E-state index in [-0.39, 0.29) is 25.5 Å². The molecule has 0 aromatic heterocycles. The zero-order valence-electron chi connectivity index (χ0n) is 38.4. The highest BCUT2D eigenvalue weighted by Gasteiger charge is 2.47. The monoisotopic (exact) mass is 880 g/mol. The van der Waals surface area contributed by atoms with E-state index >= 15 is 0 Å². The predicted molar refractivity (Wildman–Crippen MR) is 238 cm³/mol. The minimum atomic E-state index is -1.95. The maximum atomic E-state index is 13.6. The number of hydrogen-bond acceptors (Lipinski definition) is 13. The smallest absolute Gasteiger partial charge is 0.222 e. The molecule has 14 nitrogen and oxygen atoms in total. The molecule has 0 radical (unpaired) electrons. The third-order valence-corrected chi connectivity index (χ3v) is 12.1. The number of hydrogen-bond donors (Lipinski definition) is 9. The Balaban J connectivity index is 2.71. The minimum Gasteiger partial charge on any atom is -0.394 e. The van der Waals surface area contributed by atoms with Crippen LogP contribution in [-0.2, 0) is 19.0 Å². The molecule has 1 unspecified atom stereocenters. The quantitative estimate of drug-likeness (QED) is 0.0350. The van der Waals surface area contributed by atoms with E-state index in [1.807, 2.05) is 0 Å². The first-order valence-electron chi connectivity index (χ1n) is 24.7. The van der Waals surface area contributed by atoms with Crippen LogP contribution in [0, 0.1) is 0 Å². The molecule has 1 saturated heterocycles. The molecule has 1 amide bonds. The van der Waals surface area contributed by atoms with Crippen LogP contribution in [-0.4, -0.2) is 158 Å². The molecule has 0 aliphatic carbocycles. The van der Waals surface area contributed by atoms with Gasteiger partial charge in [0.25, 0.3) is 0 Å². The molecule has 14 heteroatoms. The van der Waals surface area contributed by atoms with Gasteiger partial charge in [-0.1, -0.05) is 174 Å². The lowest BCUT2D eigenvalue weighted by Crippen LogP contribution is -2.62. The zero-order chi connectivity index (χ0) is 45.1. The molecule has 364 valence electrons. The van der Waals surface area contributed by atoms with Gasteiger partial charge >= 0.3 is 0 Å². The number of ether oxygens (including phenoxy) is 3. The van der Waals surface area contributed by atoms with Gasteiger partial charge in [-0.25, -0.2) is 0 Å². The fourth-order valence-corrected chi connectivity index (χ4v) is 8.05. The van der Waals surface area contributed by atoms with Gasteiger partial charge in [-0.15, -0.1) is 0 Å². The summed E-state index contributed by atoms with van der Waals surface area (Å²) in [6, 6.07) is 0. The maximum Gasteiger partial charge on any atom is 0.222 e. The summed E-state index contributed by atoms with van der Waals surface area (Å²) in [5, 5.41) is 93.9. The van der Waals surface area contributed by atoms with Gasteiger partial charge in [-0.05, 0) is 12.8 Å². The molecule has 0 bridgehead atoms. The van der Waals surface area contributed by atoms with Crippen LogP contribution in [0.2, 0.25) is 0 Å². The molecule has 0 spiro atoms. The molecule has 61 heavy (non-hydrogen) atoms. The van der Waals surface area contributed by atoms with Gasteiger partial charge in [0.05, 0.1) is 25.9 Å². The number of rotatable bonds is 42. The number of aliphatic hydroxyl groups excluding tert-OH is 9. The second kappa shape index (κ2) is 38.3. The van der Waals surface area contributed by atoms with Crippen LogP contribution in [0.3, 0.4) is 0 Å². The Hall–Kier alpha value is -1.01. The first-order chi connectivity index (χ1) is 29.5. The number of aliphatic hydroxyl groups is 9. The van der Waals surface area contributed by atoms with Crippen molar-refractivity contribution in [1.82, 2.24) is 4.90 Å². The summed E-state index contributed by atoms with van der Waals surface area (Å²) < 4.78 is 16.9. The van der Waals surface area contributed by atoms with Crippen molar-refractivity contribution in [1.29, 1.82) is 0 Å². The van der Waals surface area contributed by atoms with Gasteiger partial charge in [0.1, 0.15) is 48.8 Å². The Morgan fingerprint density at radius 3 is 1.46 bits per heavy atom. The van der Waals surface area contributed by atoms with Crippen molar-refractivity contribution in [2.75, 3.05) is 39.5 Å². The maximum absolute atomic E-state index is 13.6. The largest absolute Gasteiger partial charge is 0.394 e. The molecule has 0 aromatic rings. The Bertz CT molecular complexity index is 996. The van der Waals surface area contributed by atoms with Crippen molar-refractivity contribution in [2.24, 2.45) is 0 Å². The second-order valence-electron chi connectivity index (χ2n) is 17.7. The SMILES string of the molecule is CCCCCCCCCCCCCCCCOCC(O)CN(C[C@H](O)[C@@H](O[C@@H]1O[C@H](CO)[C@@H](O)[C@H](O)[C@H]1O)[C@H](O)[C@H](O)CO)C(=O)CCCCCCCCCCCCCCC. The van der Waals surface area contributed by atoms with Gasteiger partial charge in [0, 0.05) is 26.1 Å². The van der Waals surface area contributed by atoms with E-state index in [2.05, 4.69) is 13.8 Å². The second-order valence-corrected chi connectivity index (χ2v) is 17.7. The summed E-state index contributed by atoms with van der Waals surface area (Å²) in [6.45, 7) is 2.57. The number of nitrogens with zero attached hydrogens (tertiary/aromatic N) is 1. The van der Waals surface area contributed by atoms with E-state index in [4.69, 9.17) is 14.2 Å². The van der Waals surface area contributed by atoms with Gasteiger partial charge in [-0.2, -0.15) is 0 Å². The molecule has 1 heterocycles. The van der Waals surface area contributed by atoms with Crippen LogP contribution in [0.4, 0.5) is 0 Å². The number of amides is 1. The van der Waals surface area contributed by atoms with Crippen molar-refractivity contribution >= 4 is 5.91 Å². The Morgan fingerprint density at radius 1 is 0.574 bits per heavy atom. The highest BCUT2D eigenvalue weighted by molar-refractivity contribution is 5.76. The molecule has 1 rings (SSSR count). The van der Waals surface area contributed by atoms with Crippen molar-refractivity contribution in [3.8, 4) is 0 Å². The fourth-order valence-electron chi connectivity index (χ4n) is 8.05. The van der Waals surface area contributed by atoms with E-state index in [0.29, 0.717) is 13.0 Å². The number of unbranched alkanes of at least 4 members (excludes halogenated alkanes) is 25. The molecular formula is C47H93NO13. The molecule has 0 saturated carbocycles. The van der Waals surface area contributed by atoms with Crippen LogP contribution in [0.15, 0.2) is 0 Å². The molecular weight excluding hydrogens is 787 g/mol. The summed E-state index contributed by atoms with van der Waals surface area (Å²) in [6.07, 6.45) is 15.6. The van der Waals surface area contributed by atoms with Crippen LogP contribution in [0.1, 0.15) is 194 Å². The van der Waals surface area contributed by atoms with E-state index in [1.54, 1.807) is 0 Å². The molecule has 1 aliphatic heterocycles. The Morgan fingerprint density at radius 2 is 1.02 bits per heavy atom. The third-order valence-electron chi connectivity index (χ3n) is 12.1. The van der Waals surface area contributed by atoms with E-state index in [1.165, 1.54) is 127 Å². The number of carbonyl (C=O) groups is 1. The minimum absolute atomic E-state index is 0.0340. The Labute approximate surface area is 369 Å². The molecule has 1 fully saturated rings. The summed E-state index contributed by atoms with van der Waals surface area (Å²) in [5.41, 5.74) is 0. The summed E-state index contributed by atoms with van der Waals surface area (Å²) in [4.78, 5) is 14.9. The average Bonchev–Trinajstić information content (AvgIpc) is 3.25. The lowest BCUT2D eigenvalue weighted by Gasteiger charge is -2.42. The van der Waals surface area contributed by atoms with Gasteiger partial charge in [-0.3, -0.25) is 4.79 Å². The molecule has 9 N–H and O–H groups in total. The topological polar surface area (TPSA) is 230 Å². The lowest BCUT2D eigenvalue weighted by atomic mass is 9.98. The van der Waals surface area contributed by atoms with Crippen molar-refractivity contribution in [2.45, 2.75) is 255 Å². The predicted octanol–water partition coefficient (Wildman–Crippen LogP) is 5.42. The highest BCUT2D eigenvalue weighted by Crippen LogP contribution is 2.26. The fraction of sp³-hybridized carbons (Fsp3) is 0.979. The highest BCUT2D eigenvalue weighted by atomic mass is 16.7. The van der Waals surface area contributed by atoms with Gasteiger partial charge < -0.3 is 65.1 Å². The lowest BCUT2D eigenvalue weighted by molar-refractivity contribution is -0.326. The van der Waals surface area contributed by atoms with Crippen LogP contribution >= 0.6 is 0 Å². The summed E-state index contributed by atoms with van der Waals surface area (Å²) >= 11 is 0. The van der Waals surface area contributed by atoms with Gasteiger partial charge in [0.2, 0.25) is 5.91 Å². The normalized spacial score (nSPS) is 21.9. The van der Waals surface area contributed by atoms with E-state index in [9.17, 15) is 50.8 Å². The first-order valence-corrected chi connectivity index (χ1v) is 24.7. The van der Waals surface area contributed by atoms with E-state index < -0.39 is 81.0 Å². The third kappa shape index (κ3) is 27.2. The van der Waals surface area contributed by atoms with Crippen LogP contribution < -0.4 is 0 Å². The number of carbonyl (C=O) groups excluding carboxylic acids is 1. The van der Waals surface area contributed by atoms with Crippen molar-refractivity contribution in [3.63, 3.8) is 0 Å². The summed E-state index contributed by atoms with van der Waals surface area (Å²) in [7, 11) is 0. The molecule has 1 aliphatic rings. The van der Waals surface area contributed by atoms with Crippen molar-refractivity contribution in [3.05, 3.63) is 0 Å². The standard InChI is InChI=1S/C47H93NO13/c1-3-5-7-9-11-13-15-17-19-21-23-25-27-29-31-59-36-37(51)32-48(41(54)30-28-26-24-22-20-18-16-14-12-10-8-6-4-2)33-38(52)46(42(55)39(53)34-49)61-47-45(58)44(57)43(56)40(35-50)60-47/h37-40,42-47,49-53,55-58H,3-36H2,1-2H3/t37?,38-,39+,40+,42+,43+,44-,45+,46+,47-/m0/s1. The van der Waals surface area contributed by atoms with Gasteiger partial charge in [0.15, 0.2) is 6.29 Å². The molecule has 10 atom stereocenters. The molecule has 0 aromatic carbocycles. The van der Waals surface area contributed by atoms with Crippen LogP contribution in [0.5, 0.6) is 0 Å². The van der Waals surface area contributed by atoms with Crippen molar-refractivity contribution < 1.29 is 65.0 Å². The van der Waals surface area contributed by atoms with E-state index in [0.717, 1.165) is 44.9 Å².